The number of ether oxygens (including phenoxy) is 2. The highest BCUT2D eigenvalue weighted by Crippen LogP contribution is 2.33. The Labute approximate surface area is 156 Å². The Balaban J connectivity index is 1.47. The van der Waals surface area contributed by atoms with Crippen LogP contribution in [-0.4, -0.2) is 54.6 Å². The number of fused-ring (bicyclic) bond motifs is 1. The average Bonchev–Trinajstić information content (AvgIpc) is 3.46. The fourth-order valence-corrected chi connectivity index (χ4v) is 4.01. The standard InChI is InChI=1S/C21H30N2O3/c1-15(2)18-14-22(8-7-21(24)23(18)13-16-3-4-16)12-17-5-6-19-20(11-17)26-10-9-25-19/h5-6,11,15-16,18H,3-4,7-10,12-14H2,1-2H3/t18-/m0/s1. The van der Waals surface area contributed by atoms with Crippen LogP contribution in [-0.2, 0) is 11.3 Å². The summed E-state index contributed by atoms with van der Waals surface area (Å²) in [5.74, 6) is 3.22. The molecule has 1 saturated heterocycles. The van der Waals surface area contributed by atoms with Crippen LogP contribution in [0.3, 0.4) is 0 Å². The maximum Gasteiger partial charge on any atom is 0.224 e. The number of rotatable bonds is 5. The number of hydrogen-bond acceptors (Lipinski definition) is 4. The molecule has 2 fully saturated rings. The van der Waals surface area contributed by atoms with Gasteiger partial charge in [0.25, 0.3) is 0 Å². The van der Waals surface area contributed by atoms with Gasteiger partial charge in [-0.2, -0.15) is 0 Å². The van der Waals surface area contributed by atoms with Gasteiger partial charge in [-0.15, -0.1) is 0 Å². The zero-order valence-electron chi connectivity index (χ0n) is 15.9. The van der Waals surface area contributed by atoms with E-state index in [1.165, 1.54) is 18.4 Å². The molecule has 4 rings (SSSR count). The van der Waals surface area contributed by atoms with Crippen molar-refractivity contribution in [2.24, 2.45) is 11.8 Å². The average molecular weight is 358 g/mol. The van der Waals surface area contributed by atoms with Crippen LogP contribution >= 0.6 is 0 Å². The highest BCUT2D eigenvalue weighted by atomic mass is 16.6. The monoisotopic (exact) mass is 358 g/mol. The summed E-state index contributed by atoms with van der Waals surface area (Å²) < 4.78 is 11.3. The molecule has 0 unspecified atom stereocenters. The molecule has 1 amide bonds. The molecule has 0 aromatic heterocycles. The summed E-state index contributed by atoms with van der Waals surface area (Å²) in [5.41, 5.74) is 1.22. The van der Waals surface area contributed by atoms with Crippen molar-refractivity contribution in [3.8, 4) is 11.5 Å². The minimum atomic E-state index is 0.308. The minimum Gasteiger partial charge on any atom is -0.486 e. The zero-order valence-corrected chi connectivity index (χ0v) is 15.9. The van der Waals surface area contributed by atoms with E-state index in [0.717, 1.165) is 43.6 Å². The normalized spacial score (nSPS) is 24.0. The number of carbonyl (C=O) groups excluding carboxylic acids is 1. The molecule has 1 atom stereocenters. The highest BCUT2D eigenvalue weighted by molar-refractivity contribution is 5.77. The lowest BCUT2D eigenvalue weighted by Gasteiger charge is -2.35. The van der Waals surface area contributed by atoms with Crippen LogP contribution < -0.4 is 9.47 Å². The van der Waals surface area contributed by atoms with E-state index in [1.54, 1.807) is 0 Å². The summed E-state index contributed by atoms with van der Waals surface area (Å²) in [6.07, 6.45) is 3.20. The Kier molecular flexibility index (Phi) is 5.07. The SMILES string of the molecule is CC(C)[C@@H]1CN(Cc2ccc3c(c2)OCCO3)CCC(=O)N1CC1CC1. The van der Waals surface area contributed by atoms with Crippen molar-refractivity contribution in [3.63, 3.8) is 0 Å². The third kappa shape index (κ3) is 3.98. The van der Waals surface area contributed by atoms with Gasteiger partial charge in [0.2, 0.25) is 5.91 Å². The van der Waals surface area contributed by atoms with Crippen LogP contribution in [0.5, 0.6) is 11.5 Å². The molecule has 0 radical (unpaired) electrons. The molecule has 3 aliphatic rings. The van der Waals surface area contributed by atoms with Crippen LogP contribution in [0.15, 0.2) is 18.2 Å². The molecule has 0 N–H and O–H groups in total. The second-order valence-corrected chi connectivity index (χ2v) is 8.26. The van der Waals surface area contributed by atoms with E-state index >= 15 is 0 Å². The Hall–Kier alpha value is -1.75. The lowest BCUT2D eigenvalue weighted by molar-refractivity contribution is -0.133. The molecule has 5 nitrogen and oxygen atoms in total. The molecule has 1 aromatic rings. The molecule has 2 heterocycles. The Morgan fingerprint density at radius 3 is 2.65 bits per heavy atom. The predicted octanol–water partition coefficient (Wildman–Crippen LogP) is 2.93. The second kappa shape index (κ2) is 7.47. The van der Waals surface area contributed by atoms with Crippen molar-refractivity contribution in [1.29, 1.82) is 0 Å². The molecular formula is C21H30N2O3. The van der Waals surface area contributed by atoms with Crippen molar-refractivity contribution in [3.05, 3.63) is 23.8 Å². The van der Waals surface area contributed by atoms with Crippen molar-refractivity contribution < 1.29 is 14.3 Å². The Morgan fingerprint density at radius 2 is 1.92 bits per heavy atom. The topological polar surface area (TPSA) is 42.0 Å². The van der Waals surface area contributed by atoms with Gasteiger partial charge < -0.3 is 14.4 Å². The molecule has 0 bridgehead atoms. The quantitative estimate of drug-likeness (QED) is 0.812. The summed E-state index contributed by atoms with van der Waals surface area (Å²) in [5, 5.41) is 0. The van der Waals surface area contributed by atoms with E-state index in [9.17, 15) is 4.79 Å². The second-order valence-electron chi connectivity index (χ2n) is 8.26. The molecule has 5 heteroatoms. The van der Waals surface area contributed by atoms with Crippen LogP contribution in [0.2, 0.25) is 0 Å². The van der Waals surface area contributed by atoms with E-state index in [1.807, 2.05) is 6.07 Å². The molecule has 1 aliphatic carbocycles. The molecular weight excluding hydrogens is 328 g/mol. The van der Waals surface area contributed by atoms with Gasteiger partial charge in [-0.25, -0.2) is 0 Å². The first-order chi connectivity index (χ1) is 12.6. The molecule has 26 heavy (non-hydrogen) atoms. The molecule has 0 spiro atoms. The number of amides is 1. The molecule has 1 saturated carbocycles. The van der Waals surface area contributed by atoms with Crippen LogP contribution in [0.4, 0.5) is 0 Å². The summed E-state index contributed by atoms with van der Waals surface area (Å²) in [4.78, 5) is 17.4. The third-order valence-corrected chi connectivity index (χ3v) is 5.74. The Morgan fingerprint density at radius 1 is 1.15 bits per heavy atom. The summed E-state index contributed by atoms with van der Waals surface area (Å²) in [7, 11) is 0. The van der Waals surface area contributed by atoms with Gasteiger partial charge in [-0.1, -0.05) is 19.9 Å². The first-order valence-electron chi connectivity index (χ1n) is 10.0. The van der Waals surface area contributed by atoms with Gasteiger partial charge in [-0.3, -0.25) is 9.69 Å². The fourth-order valence-electron chi connectivity index (χ4n) is 4.01. The van der Waals surface area contributed by atoms with E-state index in [4.69, 9.17) is 9.47 Å². The van der Waals surface area contributed by atoms with Gasteiger partial charge in [0.05, 0.1) is 0 Å². The van der Waals surface area contributed by atoms with Gasteiger partial charge >= 0.3 is 0 Å². The van der Waals surface area contributed by atoms with E-state index < -0.39 is 0 Å². The highest BCUT2D eigenvalue weighted by Gasteiger charge is 2.35. The molecule has 142 valence electrons. The maximum atomic E-state index is 12.7. The Bertz CT molecular complexity index is 657. The van der Waals surface area contributed by atoms with Crippen molar-refractivity contribution in [2.75, 3.05) is 32.8 Å². The maximum absolute atomic E-state index is 12.7. The van der Waals surface area contributed by atoms with E-state index in [-0.39, 0.29) is 0 Å². The zero-order chi connectivity index (χ0) is 18.1. The first-order valence-corrected chi connectivity index (χ1v) is 10.0. The predicted molar refractivity (Wildman–Crippen MR) is 100 cm³/mol. The fraction of sp³-hybridized carbons (Fsp3) is 0.667. The largest absolute Gasteiger partial charge is 0.486 e. The lowest BCUT2D eigenvalue weighted by atomic mass is 10.0. The molecule has 1 aromatic carbocycles. The minimum absolute atomic E-state index is 0.308. The van der Waals surface area contributed by atoms with E-state index in [0.29, 0.717) is 37.5 Å². The van der Waals surface area contributed by atoms with Crippen LogP contribution in [0, 0.1) is 11.8 Å². The first kappa shape index (κ1) is 17.7. The number of hydrogen-bond donors (Lipinski definition) is 0. The summed E-state index contributed by atoms with van der Waals surface area (Å²) >= 11 is 0. The van der Waals surface area contributed by atoms with Gasteiger partial charge in [0, 0.05) is 38.6 Å². The van der Waals surface area contributed by atoms with E-state index in [2.05, 4.69) is 35.8 Å². The summed E-state index contributed by atoms with van der Waals surface area (Å²) in [6, 6.07) is 6.52. The smallest absolute Gasteiger partial charge is 0.224 e. The molecule has 2 aliphatic heterocycles. The number of carbonyl (C=O) groups is 1. The van der Waals surface area contributed by atoms with Gasteiger partial charge in [-0.05, 0) is 42.4 Å². The van der Waals surface area contributed by atoms with Gasteiger partial charge in [0.15, 0.2) is 11.5 Å². The van der Waals surface area contributed by atoms with Crippen molar-refractivity contribution in [1.82, 2.24) is 9.80 Å². The number of benzene rings is 1. The van der Waals surface area contributed by atoms with Crippen LogP contribution in [0.25, 0.3) is 0 Å². The lowest BCUT2D eigenvalue weighted by Crippen LogP contribution is -2.47. The third-order valence-electron chi connectivity index (χ3n) is 5.74. The van der Waals surface area contributed by atoms with Crippen molar-refractivity contribution >= 4 is 5.91 Å². The number of nitrogens with zero attached hydrogens (tertiary/aromatic N) is 2. The van der Waals surface area contributed by atoms with Gasteiger partial charge in [0.1, 0.15) is 13.2 Å². The van der Waals surface area contributed by atoms with Crippen molar-refractivity contribution in [2.45, 2.75) is 45.7 Å². The summed E-state index contributed by atoms with van der Waals surface area (Å²) in [6.45, 7) is 9.30. The van der Waals surface area contributed by atoms with Crippen LogP contribution in [0.1, 0.15) is 38.7 Å².